The maximum Gasteiger partial charge on any atom is 0.256 e. The maximum absolute atomic E-state index is 13.0. The predicted molar refractivity (Wildman–Crippen MR) is 92.4 cm³/mol. The summed E-state index contributed by atoms with van der Waals surface area (Å²) in [4.78, 5) is 28.8. The summed E-state index contributed by atoms with van der Waals surface area (Å²) in [7, 11) is 0. The van der Waals surface area contributed by atoms with Crippen molar-refractivity contribution in [3.05, 3.63) is 23.8 Å². The molecule has 1 aliphatic carbocycles. The van der Waals surface area contributed by atoms with E-state index in [1.807, 2.05) is 22.8 Å². The van der Waals surface area contributed by atoms with Crippen LogP contribution in [0.5, 0.6) is 0 Å². The van der Waals surface area contributed by atoms with Crippen molar-refractivity contribution in [3.8, 4) is 0 Å². The number of ether oxygens (including phenoxy) is 1. The van der Waals surface area contributed by atoms with E-state index >= 15 is 0 Å². The van der Waals surface area contributed by atoms with E-state index in [-0.39, 0.29) is 24.0 Å². The summed E-state index contributed by atoms with van der Waals surface area (Å²) >= 11 is 0. The summed E-state index contributed by atoms with van der Waals surface area (Å²) in [6.07, 6.45) is 3.82. The van der Waals surface area contributed by atoms with Gasteiger partial charge in [0.05, 0.1) is 17.4 Å². The number of benzene rings is 1. The number of amides is 2. The molecule has 2 aliphatic heterocycles. The molecule has 1 aromatic rings. The van der Waals surface area contributed by atoms with Crippen molar-refractivity contribution in [2.24, 2.45) is 0 Å². The zero-order valence-corrected chi connectivity index (χ0v) is 14.3. The Balaban J connectivity index is 1.75. The van der Waals surface area contributed by atoms with Gasteiger partial charge < -0.3 is 14.5 Å². The number of nitrogens with zero attached hydrogens (tertiary/aromatic N) is 2. The molecular weight excluding hydrogens is 304 g/mol. The molecule has 2 atom stereocenters. The van der Waals surface area contributed by atoms with Crippen LogP contribution in [0.3, 0.4) is 0 Å². The van der Waals surface area contributed by atoms with Crippen LogP contribution >= 0.6 is 0 Å². The van der Waals surface area contributed by atoms with E-state index in [2.05, 4.69) is 12.1 Å². The highest BCUT2D eigenvalue weighted by Gasteiger charge is 2.38. The molecule has 128 valence electrons. The van der Waals surface area contributed by atoms with Gasteiger partial charge in [-0.15, -0.1) is 0 Å². The zero-order valence-electron chi connectivity index (χ0n) is 14.3. The van der Waals surface area contributed by atoms with Crippen molar-refractivity contribution in [1.82, 2.24) is 0 Å². The van der Waals surface area contributed by atoms with E-state index < -0.39 is 0 Å². The second-order valence-electron chi connectivity index (χ2n) is 7.21. The lowest BCUT2D eigenvalue weighted by molar-refractivity contribution is -0.127. The number of fused-ring (bicyclic) bond motifs is 1. The molecule has 1 saturated carbocycles. The number of anilines is 2. The van der Waals surface area contributed by atoms with Gasteiger partial charge in [0.2, 0.25) is 5.91 Å². The molecule has 1 unspecified atom stereocenters. The average molecular weight is 328 g/mol. The summed E-state index contributed by atoms with van der Waals surface area (Å²) in [5.41, 5.74) is 2.99. The average Bonchev–Trinajstić information content (AvgIpc) is 3.27. The fourth-order valence-electron chi connectivity index (χ4n) is 3.95. The molecule has 1 saturated heterocycles. The smallest absolute Gasteiger partial charge is 0.256 e. The zero-order chi connectivity index (χ0) is 16.8. The van der Waals surface area contributed by atoms with Crippen LogP contribution in [0.2, 0.25) is 0 Å². The molecule has 0 spiro atoms. The summed E-state index contributed by atoms with van der Waals surface area (Å²) < 4.78 is 5.61. The molecule has 2 amide bonds. The summed E-state index contributed by atoms with van der Waals surface area (Å²) in [6, 6.07) is 6.20. The van der Waals surface area contributed by atoms with Gasteiger partial charge in [-0.2, -0.15) is 0 Å². The Labute approximate surface area is 142 Å². The molecule has 1 aromatic carbocycles. The van der Waals surface area contributed by atoms with E-state index in [9.17, 15) is 9.59 Å². The monoisotopic (exact) mass is 328 g/mol. The van der Waals surface area contributed by atoms with Crippen LogP contribution in [0.1, 0.15) is 51.0 Å². The van der Waals surface area contributed by atoms with Gasteiger partial charge in [-0.05, 0) is 56.2 Å². The molecule has 0 aromatic heterocycles. The third-order valence-electron chi connectivity index (χ3n) is 5.30. The summed E-state index contributed by atoms with van der Waals surface area (Å²) in [5, 5.41) is 0. The van der Waals surface area contributed by atoms with E-state index in [1.54, 1.807) is 6.92 Å². The molecule has 24 heavy (non-hydrogen) atoms. The van der Waals surface area contributed by atoms with Gasteiger partial charge in [-0.25, -0.2) is 0 Å². The summed E-state index contributed by atoms with van der Waals surface area (Å²) in [6.45, 7) is 4.77. The van der Waals surface area contributed by atoms with E-state index in [1.165, 1.54) is 18.4 Å². The Morgan fingerprint density at radius 3 is 2.58 bits per heavy atom. The van der Waals surface area contributed by atoms with Crippen LogP contribution in [0.25, 0.3) is 0 Å². The number of rotatable bonds is 2. The van der Waals surface area contributed by atoms with Crippen molar-refractivity contribution < 1.29 is 14.3 Å². The third-order valence-corrected chi connectivity index (χ3v) is 5.30. The number of carbonyl (C=O) groups is 2. The van der Waals surface area contributed by atoms with E-state index in [0.29, 0.717) is 19.1 Å². The first kappa shape index (κ1) is 15.6. The lowest BCUT2D eigenvalue weighted by Gasteiger charge is -2.41. The standard InChI is InChI=1S/C19H24N2O3/c1-12-11-20(19(23)18-4-3-9-24-18)17-10-15(14-5-6-14)7-8-16(17)21(12)13(2)22/h7-8,10,12,14,18H,3-6,9,11H2,1-2H3/t12-,18?/m0/s1. The lowest BCUT2D eigenvalue weighted by Crippen LogP contribution is -2.53. The van der Waals surface area contributed by atoms with Crippen molar-refractivity contribution in [2.75, 3.05) is 23.0 Å². The Morgan fingerprint density at radius 2 is 1.96 bits per heavy atom. The van der Waals surface area contributed by atoms with Gasteiger partial charge in [0.1, 0.15) is 6.10 Å². The molecule has 3 aliphatic rings. The SMILES string of the molecule is CC(=O)N1c2ccc(C3CC3)cc2N(C(=O)C2CCCO2)C[C@@H]1C. The van der Waals surface area contributed by atoms with Crippen LogP contribution in [-0.4, -0.2) is 37.1 Å². The fourth-order valence-corrected chi connectivity index (χ4v) is 3.95. The Hall–Kier alpha value is -1.88. The van der Waals surface area contributed by atoms with Crippen LogP contribution in [0.15, 0.2) is 18.2 Å². The highest BCUT2D eigenvalue weighted by atomic mass is 16.5. The molecule has 0 radical (unpaired) electrons. The van der Waals surface area contributed by atoms with Gasteiger partial charge in [0.15, 0.2) is 0 Å². The molecule has 5 nitrogen and oxygen atoms in total. The number of carbonyl (C=O) groups excluding carboxylic acids is 2. The van der Waals surface area contributed by atoms with Gasteiger partial charge in [-0.3, -0.25) is 9.59 Å². The minimum absolute atomic E-state index is 0.0205. The van der Waals surface area contributed by atoms with E-state index in [0.717, 1.165) is 24.2 Å². The molecule has 2 heterocycles. The number of hydrogen-bond donors (Lipinski definition) is 0. The normalized spacial score (nSPS) is 26.4. The largest absolute Gasteiger partial charge is 0.368 e. The molecule has 5 heteroatoms. The Bertz CT molecular complexity index is 677. The van der Waals surface area contributed by atoms with Crippen LogP contribution in [-0.2, 0) is 14.3 Å². The highest BCUT2D eigenvalue weighted by molar-refractivity contribution is 6.05. The van der Waals surface area contributed by atoms with Crippen LogP contribution in [0, 0.1) is 0 Å². The maximum atomic E-state index is 13.0. The molecule has 0 N–H and O–H groups in total. The topological polar surface area (TPSA) is 49.9 Å². The summed E-state index contributed by atoms with van der Waals surface area (Å²) in [5.74, 6) is 0.670. The highest BCUT2D eigenvalue weighted by Crippen LogP contribution is 2.45. The van der Waals surface area contributed by atoms with Gasteiger partial charge >= 0.3 is 0 Å². The second kappa shape index (κ2) is 5.88. The first-order chi connectivity index (χ1) is 11.6. The van der Waals surface area contributed by atoms with Crippen molar-refractivity contribution in [1.29, 1.82) is 0 Å². The Kier molecular flexibility index (Phi) is 3.83. The minimum Gasteiger partial charge on any atom is -0.368 e. The predicted octanol–water partition coefficient (Wildman–Crippen LogP) is 2.83. The molecule has 4 rings (SSSR count). The van der Waals surface area contributed by atoms with Crippen molar-refractivity contribution in [3.63, 3.8) is 0 Å². The molecule has 0 bridgehead atoms. The van der Waals surface area contributed by atoms with Crippen molar-refractivity contribution >= 4 is 23.2 Å². The molecular formula is C19H24N2O3. The van der Waals surface area contributed by atoms with E-state index in [4.69, 9.17) is 4.74 Å². The second-order valence-corrected chi connectivity index (χ2v) is 7.21. The molecule has 2 fully saturated rings. The minimum atomic E-state index is -0.335. The van der Waals surface area contributed by atoms with Gasteiger partial charge in [0, 0.05) is 20.1 Å². The quantitative estimate of drug-likeness (QED) is 0.839. The van der Waals surface area contributed by atoms with Crippen molar-refractivity contribution in [2.45, 2.75) is 57.6 Å². The van der Waals surface area contributed by atoms with Gasteiger partial charge in [-0.1, -0.05) is 6.07 Å². The Morgan fingerprint density at radius 1 is 1.17 bits per heavy atom. The lowest BCUT2D eigenvalue weighted by atomic mass is 10.0. The third kappa shape index (κ3) is 2.61. The van der Waals surface area contributed by atoms with Crippen LogP contribution in [0.4, 0.5) is 11.4 Å². The fraction of sp³-hybridized carbons (Fsp3) is 0.579. The first-order valence-electron chi connectivity index (χ1n) is 8.93. The van der Waals surface area contributed by atoms with Crippen LogP contribution < -0.4 is 9.80 Å². The first-order valence-corrected chi connectivity index (χ1v) is 8.93. The number of hydrogen-bond acceptors (Lipinski definition) is 3. The van der Waals surface area contributed by atoms with Gasteiger partial charge in [0.25, 0.3) is 5.91 Å².